The number of carbonyl (C=O) groups excluding carboxylic acids is 1. The molecule has 1 aliphatic carbocycles. The molecular formula is C20H21F3N2O2. The van der Waals surface area contributed by atoms with Crippen LogP contribution in [0, 0.1) is 5.92 Å². The summed E-state index contributed by atoms with van der Waals surface area (Å²) in [6.07, 6.45) is -0.795. The Morgan fingerprint density at radius 2 is 1.93 bits per heavy atom. The van der Waals surface area contributed by atoms with Crippen LogP contribution in [-0.2, 0) is 12.6 Å². The number of methoxy groups -OCH3 is 1. The second kappa shape index (κ2) is 7.58. The van der Waals surface area contributed by atoms with Crippen molar-refractivity contribution in [2.75, 3.05) is 18.6 Å². The monoisotopic (exact) mass is 378 g/mol. The van der Waals surface area contributed by atoms with Crippen molar-refractivity contribution in [1.82, 2.24) is 4.98 Å². The van der Waals surface area contributed by atoms with E-state index in [1.54, 1.807) is 0 Å². The third kappa shape index (κ3) is 4.40. The summed E-state index contributed by atoms with van der Waals surface area (Å²) in [6, 6.07) is 8.28. The number of aromatic nitrogens is 1. The molecule has 4 nitrogen and oxygen atoms in total. The molecule has 1 aliphatic rings. The summed E-state index contributed by atoms with van der Waals surface area (Å²) in [5, 5.41) is 0. The van der Waals surface area contributed by atoms with Gasteiger partial charge in [-0.3, -0.25) is 4.79 Å². The van der Waals surface area contributed by atoms with Crippen molar-refractivity contribution < 1.29 is 22.7 Å². The maximum atomic E-state index is 13.2. The number of hydrogen-bond donors (Lipinski definition) is 0. The number of ether oxygens (including phenoxy) is 1. The van der Waals surface area contributed by atoms with Crippen LogP contribution in [0.1, 0.15) is 41.4 Å². The highest BCUT2D eigenvalue weighted by Crippen LogP contribution is 2.35. The van der Waals surface area contributed by atoms with Crippen LogP contribution in [0.15, 0.2) is 36.5 Å². The average molecular weight is 378 g/mol. The van der Waals surface area contributed by atoms with E-state index in [9.17, 15) is 18.0 Å². The predicted molar refractivity (Wildman–Crippen MR) is 96.0 cm³/mol. The largest absolute Gasteiger partial charge is 0.494 e. The van der Waals surface area contributed by atoms with E-state index < -0.39 is 17.8 Å². The van der Waals surface area contributed by atoms with Gasteiger partial charge in [0.15, 0.2) is 0 Å². The van der Waals surface area contributed by atoms with E-state index in [-0.39, 0.29) is 11.3 Å². The Kier molecular flexibility index (Phi) is 5.39. The van der Waals surface area contributed by atoms with Crippen molar-refractivity contribution in [3.8, 4) is 5.75 Å². The van der Waals surface area contributed by atoms with Crippen molar-refractivity contribution in [3.63, 3.8) is 0 Å². The number of alkyl halides is 3. The molecule has 0 spiro atoms. The third-order valence-electron chi connectivity index (χ3n) is 4.65. The van der Waals surface area contributed by atoms with Crippen molar-refractivity contribution in [3.05, 3.63) is 53.3 Å². The Morgan fingerprint density at radius 3 is 2.44 bits per heavy atom. The van der Waals surface area contributed by atoms with Gasteiger partial charge < -0.3 is 9.64 Å². The quantitative estimate of drug-likeness (QED) is 0.730. The van der Waals surface area contributed by atoms with E-state index >= 15 is 0 Å². The highest BCUT2D eigenvalue weighted by Gasteiger charge is 2.35. The molecular weight excluding hydrogens is 357 g/mol. The van der Waals surface area contributed by atoms with Crippen molar-refractivity contribution in [2.45, 2.75) is 32.4 Å². The molecule has 1 saturated carbocycles. The van der Waals surface area contributed by atoms with Crippen LogP contribution in [-0.4, -0.2) is 24.5 Å². The Bertz CT molecular complexity index is 815. The number of nitrogens with zero attached hydrogens (tertiary/aromatic N) is 2. The summed E-state index contributed by atoms with van der Waals surface area (Å²) in [6.45, 7) is 2.50. The molecule has 0 atom stereocenters. The van der Waals surface area contributed by atoms with Gasteiger partial charge in [0.1, 0.15) is 11.4 Å². The standard InChI is InChI=1S/C20H21F3N2O2/c1-3-13-6-8-15(9-7-13)25(12-14-4-5-14)19(26)16-10-18(20(21,22)23)24-11-17(16)27-2/h6-11,14H,3-5,12H2,1-2H3. The van der Waals surface area contributed by atoms with Gasteiger partial charge in [0.25, 0.3) is 5.91 Å². The summed E-state index contributed by atoms with van der Waals surface area (Å²) in [7, 11) is 1.31. The SMILES string of the molecule is CCc1ccc(N(CC2CC2)C(=O)c2cc(C(F)(F)F)ncc2OC)cc1. The molecule has 1 aromatic heterocycles. The lowest BCUT2D eigenvalue weighted by molar-refractivity contribution is -0.141. The lowest BCUT2D eigenvalue weighted by atomic mass is 10.1. The lowest BCUT2D eigenvalue weighted by Gasteiger charge is -2.24. The number of benzene rings is 1. The molecule has 2 aromatic rings. The van der Waals surface area contributed by atoms with E-state index in [2.05, 4.69) is 4.98 Å². The van der Waals surface area contributed by atoms with Gasteiger partial charge in [-0.1, -0.05) is 19.1 Å². The predicted octanol–water partition coefficient (Wildman–Crippen LogP) is 4.73. The minimum atomic E-state index is -4.63. The molecule has 144 valence electrons. The Labute approximate surface area is 156 Å². The van der Waals surface area contributed by atoms with Gasteiger partial charge >= 0.3 is 6.18 Å². The first-order valence-corrected chi connectivity index (χ1v) is 8.85. The number of rotatable bonds is 6. The van der Waals surface area contributed by atoms with Gasteiger partial charge in [-0.15, -0.1) is 0 Å². The zero-order valence-corrected chi connectivity index (χ0v) is 15.2. The molecule has 27 heavy (non-hydrogen) atoms. The molecule has 1 amide bonds. The first-order valence-electron chi connectivity index (χ1n) is 8.85. The lowest BCUT2D eigenvalue weighted by Crippen LogP contribution is -2.33. The maximum absolute atomic E-state index is 13.2. The molecule has 0 unspecified atom stereocenters. The van der Waals surface area contributed by atoms with Crippen molar-refractivity contribution in [2.24, 2.45) is 5.92 Å². The molecule has 7 heteroatoms. The topological polar surface area (TPSA) is 42.4 Å². The highest BCUT2D eigenvalue weighted by molar-refractivity contribution is 6.08. The number of carbonyl (C=O) groups is 1. The molecule has 1 fully saturated rings. The van der Waals surface area contributed by atoms with Crippen LogP contribution in [0.3, 0.4) is 0 Å². The summed E-state index contributed by atoms with van der Waals surface area (Å²) in [4.78, 5) is 18.1. The number of amides is 1. The Hall–Kier alpha value is -2.57. The molecule has 0 saturated heterocycles. The normalized spacial score (nSPS) is 14.1. The summed E-state index contributed by atoms with van der Waals surface area (Å²) < 4.78 is 44.3. The zero-order valence-electron chi connectivity index (χ0n) is 15.2. The molecule has 1 heterocycles. The van der Waals surface area contributed by atoms with Crippen LogP contribution in [0.25, 0.3) is 0 Å². The van der Waals surface area contributed by atoms with E-state index in [4.69, 9.17) is 4.74 Å². The second-order valence-corrected chi connectivity index (χ2v) is 6.65. The van der Waals surface area contributed by atoms with Gasteiger partial charge in [0.2, 0.25) is 0 Å². The fourth-order valence-corrected chi connectivity index (χ4v) is 2.85. The highest BCUT2D eigenvalue weighted by atomic mass is 19.4. The fraction of sp³-hybridized carbons (Fsp3) is 0.400. The average Bonchev–Trinajstić information content (AvgIpc) is 3.48. The summed E-state index contributed by atoms with van der Waals surface area (Å²) in [5.74, 6) is -0.121. The summed E-state index contributed by atoms with van der Waals surface area (Å²) in [5.41, 5.74) is 0.536. The first kappa shape index (κ1) is 19.2. The molecule has 0 N–H and O–H groups in total. The number of pyridine rings is 1. The smallest absolute Gasteiger partial charge is 0.433 e. The minimum Gasteiger partial charge on any atom is -0.494 e. The number of hydrogen-bond acceptors (Lipinski definition) is 3. The van der Waals surface area contributed by atoms with Crippen LogP contribution in [0.2, 0.25) is 0 Å². The Morgan fingerprint density at radius 1 is 1.26 bits per heavy atom. The molecule has 0 radical (unpaired) electrons. The van der Waals surface area contributed by atoms with Gasteiger partial charge in [-0.05, 0) is 48.9 Å². The Balaban J connectivity index is 2.00. The van der Waals surface area contributed by atoms with Gasteiger partial charge in [-0.2, -0.15) is 13.2 Å². The van der Waals surface area contributed by atoms with Crippen LogP contribution in [0.5, 0.6) is 5.75 Å². The second-order valence-electron chi connectivity index (χ2n) is 6.65. The molecule has 0 bridgehead atoms. The van der Waals surface area contributed by atoms with Crippen LogP contribution in [0.4, 0.5) is 18.9 Å². The van der Waals surface area contributed by atoms with Gasteiger partial charge in [-0.25, -0.2) is 4.98 Å². The van der Waals surface area contributed by atoms with E-state index in [0.717, 1.165) is 37.1 Å². The van der Waals surface area contributed by atoms with Crippen LogP contribution >= 0.6 is 0 Å². The first-order chi connectivity index (χ1) is 12.8. The van der Waals surface area contributed by atoms with E-state index in [1.165, 1.54) is 12.0 Å². The van der Waals surface area contributed by atoms with Gasteiger partial charge in [0.05, 0.1) is 18.9 Å². The molecule has 3 rings (SSSR count). The third-order valence-corrected chi connectivity index (χ3v) is 4.65. The number of aryl methyl sites for hydroxylation is 1. The van der Waals surface area contributed by atoms with Gasteiger partial charge in [0, 0.05) is 12.2 Å². The minimum absolute atomic E-state index is 0.0268. The zero-order chi connectivity index (χ0) is 19.6. The van der Waals surface area contributed by atoms with Crippen LogP contribution < -0.4 is 9.64 Å². The van der Waals surface area contributed by atoms with E-state index in [1.807, 2.05) is 31.2 Å². The molecule has 0 aliphatic heterocycles. The maximum Gasteiger partial charge on any atom is 0.433 e. The van der Waals surface area contributed by atoms with Crippen molar-refractivity contribution >= 4 is 11.6 Å². The van der Waals surface area contributed by atoms with Crippen molar-refractivity contribution in [1.29, 1.82) is 0 Å². The summed E-state index contributed by atoms with van der Waals surface area (Å²) >= 11 is 0. The van der Waals surface area contributed by atoms with E-state index in [0.29, 0.717) is 18.2 Å². The fourth-order valence-electron chi connectivity index (χ4n) is 2.85. The number of anilines is 1. The molecule has 1 aromatic carbocycles. The number of halogens is 3.